The molecule has 1 aromatic carbocycles. The van der Waals surface area contributed by atoms with Gasteiger partial charge in [-0.25, -0.2) is 0 Å². The average molecular weight is 328 g/mol. The second-order valence-corrected chi connectivity index (χ2v) is 5.49. The second-order valence-electron chi connectivity index (χ2n) is 5.49. The predicted molar refractivity (Wildman–Crippen MR) is 93.7 cm³/mol. The van der Waals surface area contributed by atoms with Crippen molar-refractivity contribution in [1.29, 1.82) is 0 Å². The van der Waals surface area contributed by atoms with Crippen molar-refractivity contribution in [1.82, 2.24) is 0 Å². The van der Waals surface area contributed by atoms with Crippen LogP contribution in [0.1, 0.15) is 38.7 Å². The molecule has 0 saturated heterocycles. The van der Waals surface area contributed by atoms with Crippen LogP contribution in [0, 0.1) is 0 Å². The van der Waals surface area contributed by atoms with Crippen LogP contribution in [-0.4, -0.2) is 30.8 Å². The lowest BCUT2D eigenvalue weighted by atomic mass is 9.95. The van der Waals surface area contributed by atoms with Crippen molar-refractivity contribution in [3.63, 3.8) is 0 Å². The molecule has 0 unspecified atom stereocenters. The number of hydrogen-bond acceptors (Lipinski definition) is 3. The third kappa shape index (κ3) is 4.27. The molecule has 1 aromatic rings. The molecule has 0 radical (unpaired) electrons. The van der Waals surface area contributed by atoms with Gasteiger partial charge in [-0.15, -0.1) is 0 Å². The third-order valence-corrected chi connectivity index (χ3v) is 3.65. The highest BCUT2D eigenvalue weighted by atomic mass is 16.5. The summed E-state index contributed by atoms with van der Waals surface area (Å²) in [7, 11) is 1.64. The zero-order valence-corrected chi connectivity index (χ0v) is 14.5. The van der Waals surface area contributed by atoms with Crippen molar-refractivity contribution in [2.75, 3.05) is 20.3 Å². The molecule has 1 aliphatic rings. The van der Waals surface area contributed by atoms with E-state index >= 15 is 0 Å². The highest BCUT2D eigenvalue weighted by Crippen LogP contribution is 2.31. The van der Waals surface area contributed by atoms with Crippen molar-refractivity contribution in [2.24, 2.45) is 0 Å². The van der Waals surface area contributed by atoms with Gasteiger partial charge in [0.25, 0.3) is 0 Å². The summed E-state index contributed by atoms with van der Waals surface area (Å²) in [4.78, 5) is 3.38. The number of nitrogens with zero attached hydrogens (tertiary/aromatic N) is 2. The van der Waals surface area contributed by atoms with Crippen LogP contribution in [0.2, 0.25) is 0 Å². The minimum Gasteiger partial charge on any atom is -0.497 e. The van der Waals surface area contributed by atoms with E-state index in [-0.39, 0.29) is 0 Å². The molecule has 0 aromatic heterocycles. The minimum absolute atomic E-state index is 0.410. The average Bonchev–Trinajstić information content (AvgIpc) is 2.64. The first-order valence-corrected chi connectivity index (χ1v) is 8.29. The number of ether oxygens (including phenoxy) is 3. The van der Waals surface area contributed by atoms with Crippen LogP contribution in [0.3, 0.4) is 0 Å². The van der Waals surface area contributed by atoms with Crippen LogP contribution < -0.4 is 4.74 Å². The summed E-state index contributed by atoms with van der Waals surface area (Å²) in [5.74, 6) is 2.18. The number of allylic oxidation sites excluding steroid dienone is 4. The van der Waals surface area contributed by atoms with Gasteiger partial charge in [0.1, 0.15) is 17.9 Å². The predicted octanol–water partition coefficient (Wildman–Crippen LogP) is 4.22. The Hall–Kier alpha value is -2.52. The van der Waals surface area contributed by atoms with E-state index < -0.39 is 0 Å². The Labute approximate surface area is 143 Å². The summed E-state index contributed by atoms with van der Waals surface area (Å²) in [5.41, 5.74) is 11.8. The van der Waals surface area contributed by atoms with E-state index in [0.717, 1.165) is 35.5 Å². The highest BCUT2D eigenvalue weighted by Gasteiger charge is 2.28. The van der Waals surface area contributed by atoms with Crippen molar-refractivity contribution in [3.8, 4) is 5.75 Å². The van der Waals surface area contributed by atoms with Crippen LogP contribution in [0.25, 0.3) is 11.1 Å². The van der Waals surface area contributed by atoms with Gasteiger partial charge in [-0.05, 0) is 36.6 Å². The molecule has 0 atom stereocenters. The Balaban J connectivity index is 2.43. The highest BCUT2D eigenvalue weighted by molar-refractivity contribution is 6.02. The summed E-state index contributed by atoms with van der Waals surface area (Å²) in [6.45, 7) is 5.29. The summed E-state index contributed by atoms with van der Waals surface area (Å²) in [6.07, 6.45) is 4.10. The quantitative estimate of drug-likeness (QED) is 0.530. The summed E-state index contributed by atoms with van der Waals surface area (Å²) in [6, 6.07) is 7.79. The molecule has 0 aliphatic heterocycles. The zero-order valence-electron chi connectivity index (χ0n) is 14.5. The molecule has 0 fully saturated rings. The van der Waals surface area contributed by atoms with Crippen LogP contribution in [0.5, 0.6) is 5.75 Å². The van der Waals surface area contributed by atoms with E-state index in [9.17, 15) is 5.53 Å². The van der Waals surface area contributed by atoms with Crippen molar-refractivity contribution in [2.45, 2.75) is 33.1 Å². The van der Waals surface area contributed by atoms with Crippen LogP contribution >= 0.6 is 0 Å². The molecule has 5 heteroatoms. The molecule has 1 aliphatic carbocycles. The third-order valence-electron chi connectivity index (χ3n) is 3.65. The molecule has 0 N–H and O–H groups in total. The van der Waals surface area contributed by atoms with E-state index in [1.54, 1.807) is 7.11 Å². The smallest absolute Gasteiger partial charge is 0.340 e. The largest absolute Gasteiger partial charge is 0.497 e. The summed E-state index contributed by atoms with van der Waals surface area (Å²) < 4.78 is 16.9. The lowest BCUT2D eigenvalue weighted by Gasteiger charge is -2.19. The Kier molecular flexibility index (Phi) is 6.64. The summed E-state index contributed by atoms with van der Waals surface area (Å²) >= 11 is 0. The number of benzene rings is 1. The molecule has 0 saturated carbocycles. The van der Waals surface area contributed by atoms with Gasteiger partial charge in [0.2, 0.25) is 5.76 Å². The van der Waals surface area contributed by atoms with Crippen LogP contribution in [-0.2, 0) is 9.47 Å². The molecule has 0 bridgehead atoms. The fraction of sp³-hybridized carbons (Fsp3) is 0.421. The topological polar surface area (TPSA) is 64.1 Å². The maximum Gasteiger partial charge on any atom is 0.340 e. The Morgan fingerprint density at radius 1 is 1.04 bits per heavy atom. The first-order chi connectivity index (χ1) is 11.7. The Morgan fingerprint density at radius 2 is 1.71 bits per heavy atom. The van der Waals surface area contributed by atoms with Gasteiger partial charge in [0.05, 0.1) is 20.3 Å². The Morgan fingerprint density at radius 3 is 2.29 bits per heavy atom. The van der Waals surface area contributed by atoms with Crippen molar-refractivity contribution in [3.05, 3.63) is 53.0 Å². The molecule has 0 spiro atoms. The number of rotatable bonds is 8. The van der Waals surface area contributed by atoms with E-state index in [4.69, 9.17) is 14.2 Å². The fourth-order valence-corrected chi connectivity index (χ4v) is 2.42. The molecule has 5 nitrogen and oxygen atoms in total. The van der Waals surface area contributed by atoms with E-state index in [1.807, 2.05) is 37.3 Å². The van der Waals surface area contributed by atoms with Gasteiger partial charge < -0.3 is 19.7 Å². The van der Waals surface area contributed by atoms with Crippen molar-refractivity contribution >= 4 is 11.3 Å². The lowest BCUT2D eigenvalue weighted by Crippen LogP contribution is -2.16. The normalized spacial score (nSPS) is 14.1. The maximum absolute atomic E-state index is 9.30. The molecule has 0 amide bonds. The molecule has 0 heterocycles. The fourth-order valence-electron chi connectivity index (χ4n) is 2.42. The van der Waals surface area contributed by atoms with Gasteiger partial charge in [0, 0.05) is 5.57 Å². The van der Waals surface area contributed by atoms with Gasteiger partial charge in [0.15, 0.2) is 0 Å². The monoisotopic (exact) mass is 328 g/mol. The van der Waals surface area contributed by atoms with Gasteiger partial charge >= 0.3 is 5.71 Å². The molecule has 128 valence electrons. The maximum atomic E-state index is 9.30. The summed E-state index contributed by atoms with van der Waals surface area (Å²) in [5, 5.41) is 0. The van der Waals surface area contributed by atoms with Gasteiger partial charge in [-0.1, -0.05) is 26.0 Å². The molecule has 2 rings (SSSR count). The molecule has 24 heavy (non-hydrogen) atoms. The van der Waals surface area contributed by atoms with E-state index in [2.05, 4.69) is 11.7 Å². The second kappa shape index (κ2) is 8.94. The van der Waals surface area contributed by atoms with E-state index in [0.29, 0.717) is 31.1 Å². The first-order valence-electron chi connectivity index (χ1n) is 8.29. The van der Waals surface area contributed by atoms with Gasteiger partial charge in [-0.3, -0.25) is 0 Å². The first kappa shape index (κ1) is 17.8. The Bertz CT molecular complexity index is 668. The van der Waals surface area contributed by atoms with Crippen LogP contribution in [0.15, 0.2) is 41.9 Å². The standard InChI is InChI=1S/C19H24N2O3/c1-4-10-23-18-13-17(21-20)19(24-11-5-2)12-16(18)14-6-8-15(22-3)9-7-14/h6-9,12H,4-5,10-11,13H2,1-3H3. The molecular formula is C19H24N2O3. The minimum atomic E-state index is 0.410. The molecular weight excluding hydrogens is 304 g/mol. The van der Waals surface area contributed by atoms with E-state index in [1.165, 1.54) is 0 Å². The zero-order chi connectivity index (χ0) is 17.4. The van der Waals surface area contributed by atoms with Crippen LogP contribution in [0.4, 0.5) is 0 Å². The number of methoxy groups -OCH3 is 1. The SMILES string of the molecule is CCCOC1=CC(c2ccc(OC)cc2)=C(OCCC)CC1=[N+]=[N-]. The van der Waals surface area contributed by atoms with Gasteiger partial charge in [-0.2, -0.15) is 4.79 Å². The number of hydrogen-bond donors (Lipinski definition) is 0. The lowest BCUT2D eigenvalue weighted by molar-refractivity contribution is -0.0136. The van der Waals surface area contributed by atoms with Crippen molar-refractivity contribution < 1.29 is 19.0 Å².